The Morgan fingerprint density at radius 1 is 1.08 bits per heavy atom. The number of hydrogen-bond acceptors (Lipinski definition) is 8. The number of anilines is 2. The Morgan fingerprint density at radius 2 is 1.80 bits per heavy atom. The summed E-state index contributed by atoms with van der Waals surface area (Å²) in [5.74, 6) is -1.26. The minimum Gasteiger partial charge on any atom is -0.432 e. The van der Waals surface area contributed by atoms with Crippen molar-refractivity contribution in [1.82, 2.24) is 4.90 Å². The number of carbonyl (C=O) groups is 3. The van der Waals surface area contributed by atoms with Gasteiger partial charge in [-0.1, -0.05) is 49.4 Å². The van der Waals surface area contributed by atoms with E-state index in [1.54, 1.807) is 29.0 Å². The number of nitrogens with zero attached hydrogens (tertiary/aromatic N) is 4. The van der Waals surface area contributed by atoms with Gasteiger partial charge in [-0.3, -0.25) is 24.5 Å². The van der Waals surface area contributed by atoms with Crippen LogP contribution in [0, 0.1) is 16.0 Å². The van der Waals surface area contributed by atoms with Crippen molar-refractivity contribution in [2.45, 2.75) is 69.6 Å². The molecule has 0 aliphatic carbocycles. The number of fused-ring (bicyclic) bond motifs is 2. The van der Waals surface area contributed by atoms with E-state index in [0.29, 0.717) is 24.2 Å². The normalized spacial score (nSPS) is 23.4. The van der Waals surface area contributed by atoms with Gasteiger partial charge in [0.25, 0.3) is 11.6 Å². The number of ether oxygens (including phenoxy) is 1. The summed E-state index contributed by atoms with van der Waals surface area (Å²) in [7, 11) is -3.13. The van der Waals surface area contributed by atoms with Gasteiger partial charge in [0.15, 0.2) is 13.9 Å². The van der Waals surface area contributed by atoms with Crippen LogP contribution in [0.5, 0.6) is 0 Å². The van der Waals surface area contributed by atoms with E-state index in [4.69, 9.17) is 4.74 Å². The number of nitro groups is 1. The lowest BCUT2D eigenvalue weighted by atomic mass is 9.82. The third kappa shape index (κ3) is 6.39. The highest BCUT2D eigenvalue weighted by atomic mass is 28.4. The minimum absolute atomic E-state index is 0.0739. The van der Waals surface area contributed by atoms with E-state index in [0.717, 1.165) is 23.2 Å². The highest BCUT2D eigenvalue weighted by Gasteiger charge is 2.66. The standard InChI is InChI=1S/C36H42N4O8Si/c1-24-34(49(2,3)47)31(21-33(43)37(18-19-41)22-25-8-5-4-6-9-25)48-36(24)29-20-28(40(45)46)15-16-30(29)39(35(36)44)23-26-11-13-27(14-12-26)38-17-7-10-32(38)42/h4-6,8-9,11-16,20,24,31,34,41,47H,7,10,17-19,21-23H2,1-3H3/t24-,31+,34-,36+/m1/s1. The van der Waals surface area contributed by atoms with E-state index in [1.807, 2.05) is 61.5 Å². The fraction of sp³-hybridized carbons (Fsp3) is 0.417. The van der Waals surface area contributed by atoms with Crippen LogP contribution in [0.15, 0.2) is 72.8 Å². The van der Waals surface area contributed by atoms with Crippen molar-refractivity contribution in [3.05, 3.63) is 99.6 Å². The molecule has 12 nitrogen and oxygen atoms in total. The summed E-state index contributed by atoms with van der Waals surface area (Å²) in [5.41, 5.74) is 0.826. The Balaban J connectivity index is 1.34. The predicted octanol–water partition coefficient (Wildman–Crippen LogP) is 4.48. The fourth-order valence-corrected chi connectivity index (χ4v) is 10.5. The van der Waals surface area contributed by atoms with Crippen LogP contribution < -0.4 is 9.80 Å². The van der Waals surface area contributed by atoms with Crippen LogP contribution in [0.1, 0.15) is 42.9 Å². The maximum Gasteiger partial charge on any atom is 0.269 e. The fourth-order valence-electron chi connectivity index (χ4n) is 7.94. The maximum atomic E-state index is 14.8. The number of nitro benzene ring substituents is 1. The molecule has 3 aromatic carbocycles. The topological polar surface area (TPSA) is 154 Å². The molecule has 258 valence electrons. The highest BCUT2D eigenvalue weighted by molar-refractivity contribution is 6.71. The van der Waals surface area contributed by atoms with E-state index in [9.17, 15) is 34.4 Å². The zero-order chi connectivity index (χ0) is 35.1. The molecular weight excluding hydrogens is 645 g/mol. The lowest BCUT2D eigenvalue weighted by molar-refractivity contribution is -0.385. The Labute approximate surface area is 286 Å². The Hall–Kier alpha value is -4.43. The van der Waals surface area contributed by atoms with Gasteiger partial charge in [0, 0.05) is 60.9 Å². The summed E-state index contributed by atoms with van der Waals surface area (Å²) in [6.07, 6.45) is 0.314. The second kappa shape index (κ2) is 13.5. The second-order valence-corrected chi connectivity index (χ2v) is 17.7. The zero-order valence-corrected chi connectivity index (χ0v) is 28.9. The molecule has 0 aromatic heterocycles. The highest BCUT2D eigenvalue weighted by Crippen LogP contribution is 2.60. The molecule has 2 N–H and O–H groups in total. The third-order valence-corrected chi connectivity index (χ3v) is 12.7. The van der Waals surface area contributed by atoms with Crippen LogP contribution in [-0.4, -0.2) is 71.6 Å². The summed E-state index contributed by atoms with van der Waals surface area (Å²) in [6.45, 7) is 6.25. The lowest BCUT2D eigenvalue weighted by Crippen LogP contribution is -2.46. The van der Waals surface area contributed by atoms with Gasteiger partial charge < -0.3 is 29.3 Å². The number of carbonyl (C=O) groups excluding carboxylic acids is 3. The van der Waals surface area contributed by atoms with Gasteiger partial charge in [0.1, 0.15) is 0 Å². The minimum atomic E-state index is -3.13. The van der Waals surface area contributed by atoms with Crippen molar-refractivity contribution in [3.8, 4) is 0 Å². The molecule has 3 heterocycles. The molecule has 3 aromatic rings. The second-order valence-electron chi connectivity index (χ2n) is 13.8. The molecule has 13 heteroatoms. The molecule has 6 rings (SSSR count). The number of non-ortho nitro benzene ring substituents is 1. The van der Waals surface area contributed by atoms with Crippen LogP contribution in [0.25, 0.3) is 0 Å². The van der Waals surface area contributed by atoms with Crippen LogP contribution in [0.3, 0.4) is 0 Å². The average molecular weight is 687 g/mol. The molecule has 2 saturated heterocycles. The first kappa shape index (κ1) is 34.4. The van der Waals surface area contributed by atoms with Crippen molar-refractivity contribution in [1.29, 1.82) is 0 Å². The van der Waals surface area contributed by atoms with Gasteiger partial charge in [0.05, 0.1) is 36.3 Å². The predicted molar refractivity (Wildman–Crippen MR) is 185 cm³/mol. The lowest BCUT2D eigenvalue weighted by Gasteiger charge is -2.32. The van der Waals surface area contributed by atoms with E-state index < -0.39 is 42.3 Å². The number of benzene rings is 3. The summed E-state index contributed by atoms with van der Waals surface area (Å²) in [6, 6.07) is 21.1. The first-order chi connectivity index (χ1) is 23.3. The van der Waals surface area contributed by atoms with Gasteiger partial charge in [0.2, 0.25) is 11.8 Å². The molecule has 0 radical (unpaired) electrons. The molecule has 0 unspecified atom stereocenters. The quantitative estimate of drug-likeness (QED) is 0.170. The van der Waals surface area contributed by atoms with Crippen LogP contribution in [-0.2, 0) is 37.8 Å². The van der Waals surface area contributed by atoms with Crippen LogP contribution in [0.2, 0.25) is 18.6 Å². The van der Waals surface area contributed by atoms with E-state index in [1.165, 1.54) is 17.0 Å². The molecule has 0 bridgehead atoms. The number of hydrogen-bond donors (Lipinski definition) is 2. The molecule has 1 spiro atoms. The Morgan fingerprint density at radius 3 is 2.41 bits per heavy atom. The molecule has 3 aliphatic rings. The number of amides is 3. The first-order valence-corrected chi connectivity index (χ1v) is 19.7. The Kier molecular flexibility index (Phi) is 9.46. The van der Waals surface area contributed by atoms with Crippen molar-refractivity contribution in [3.63, 3.8) is 0 Å². The summed E-state index contributed by atoms with van der Waals surface area (Å²) < 4.78 is 6.76. The average Bonchev–Trinajstić information content (AvgIpc) is 3.70. The molecule has 4 atom stereocenters. The van der Waals surface area contributed by atoms with E-state index in [-0.39, 0.29) is 50.2 Å². The van der Waals surface area contributed by atoms with Crippen LogP contribution in [0.4, 0.5) is 17.1 Å². The Bertz CT molecular complexity index is 1750. The summed E-state index contributed by atoms with van der Waals surface area (Å²) in [5, 5.41) is 21.7. The molecule has 3 aliphatic heterocycles. The SMILES string of the molecule is C[C@@H]1[C@@H]([Si](C)(C)O)[C@H](CC(=O)N(CCO)Cc2ccccc2)O[C@@]12C(=O)N(Cc1ccc(N3CCCC3=O)cc1)c1ccc([N+](=O)[O-])cc12. The summed E-state index contributed by atoms with van der Waals surface area (Å²) in [4.78, 5) is 68.8. The molecule has 3 amide bonds. The van der Waals surface area contributed by atoms with Crippen molar-refractivity contribution >= 4 is 43.1 Å². The van der Waals surface area contributed by atoms with Crippen molar-refractivity contribution in [2.75, 3.05) is 29.5 Å². The van der Waals surface area contributed by atoms with Gasteiger partial charge in [-0.25, -0.2) is 0 Å². The number of aliphatic hydroxyl groups is 1. The summed E-state index contributed by atoms with van der Waals surface area (Å²) >= 11 is 0. The first-order valence-electron chi connectivity index (χ1n) is 16.7. The van der Waals surface area contributed by atoms with Gasteiger partial charge in [-0.05, 0) is 48.8 Å². The third-order valence-electron chi connectivity index (χ3n) is 10.2. The molecule has 0 saturated carbocycles. The number of rotatable bonds is 11. The molecule has 49 heavy (non-hydrogen) atoms. The molecular formula is C36H42N4O8Si. The van der Waals surface area contributed by atoms with Crippen LogP contribution >= 0.6 is 0 Å². The zero-order valence-electron chi connectivity index (χ0n) is 27.9. The number of aliphatic hydroxyl groups excluding tert-OH is 1. The largest absolute Gasteiger partial charge is 0.432 e. The monoisotopic (exact) mass is 686 g/mol. The van der Waals surface area contributed by atoms with Gasteiger partial charge in [-0.2, -0.15) is 0 Å². The van der Waals surface area contributed by atoms with Gasteiger partial charge >= 0.3 is 0 Å². The molecule has 2 fully saturated rings. The smallest absolute Gasteiger partial charge is 0.269 e. The van der Waals surface area contributed by atoms with Gasteiger partial charge in [-0.15, -0.1) is 0 Å². The van der Waals surface area contributed by atoms with Crippen molar-refractivity contribution < 1.29 is 33.9 Å². The maximum absolute atomic E-state index is 14.8. The van der Waals surface area contributed by atoms with E-state index >= 15 is 0 Å². The van der Waals surface area contributed by atoms with E-state index in [2.05, 4.69) is 0 Å². The van der Waals surface area contributed by atoms with Crippen molar-refractivity contribution in [2.24, 2.45) is 5.92 Å².